The molecule has 2 aromatic carbocycles. The van der Waals surface area contributed by atoms with Crippen LogP contribution in [0, 0.1) is 11.3 Å². The Morgan fingerprint density at radius 3 is 2.64 bits per heavy atom. The van der Waals surface area contributed by atoms with E-state index in [2.05, 4.69) is 70.2 Å². The summed E-state index contributed by atoms with van der Waals surface area (Å²) < 4.78 is 5.98. The Morgan fingerprint density at radius 2 is 1.86 bits per heavy atom. The number of fused-ring (bicyclic) bond motifs is 1. The summed E-state index contributed by atoms with van der Waals surface area (Å²) in [5.74, 6) is 1.48. The molecule has 0 aromatic heterocycles. The zero-order chi connectivity index (χ0) is 15.7. The molecule has 116 valence electrons. The molecular formula is C20H25NO. The Bertz CT molecular complexity index is 694. The largest absolute Gasteiger partial charge is 0.475 e. The number of hydrogen-bond donors (Lipinski definition) is 0. The first kappa shape index (κ1) is 15.1. The molecule has 0 saturated carbocycles. The third-order valence-corrected chi connectivity index (χ3v) is 4.51. The summed E-state index contributed by atoms with van der Waals surface area (Å²) in [6.45, 7) is 9.84. The predicted molar refractivity (Wildman–Crippen MR) is 93.5 cm³/mol. The third-order valence-electron chi connectivity index (χ3n) is 4.51. The molecule has 2 aromatic rings. The molecule has 2 nitrogen and oxygen atoms in total. The highest BCUT2D eigenvalue weighted by Crippen LogP contribution is 2.35. The van der Waals surface area contributed by atoms with Crippen molar-refractivity contribution in [2.75, 3.05) is 6.61 Å². The van der Waals surface area contributed by atoms with Crippen molar-refractivity contribution in [1.29, 1.82) is 0 Å². The molecular weight excluding hydrogens is 270 g/mol. The van der Waals surface area contributed by atoms with Gasteiger partial charge in [0.2, 0.25) is 5.90 Å². The van der Waals surface area contributed by atoms with Crippen LogP contribution in [0.3, 0.4) is 0 Å². The molecule has 1 unspecified atom stereocenters. The SMILES string of the molecule is CC(C)CC(C)(C)C1COC(c2cccc3ccccc23)=N1. The van der Waals surface area contributed by atoms with Gasteiger partial charge in [-0.1, -0.05) is 64.1 Å². The van der Waals surface area contributed by atoms with E-state index in [-0.39, 0.29) is 11.5 Å². The summed E-state index contributed by atoms with van der Waals surface area (Å²) in [5.41, 5.74) is 1.28. The molecule has 0 amide bonds. The van der Waals surface area contributed by atoms with Gasteiger partial charge in [-0.2, -0.15) is 0 Å². The molecule has 1 heterocycles. The fourth-order valence-corrected chi connectivity index (χ4v) is 3.52. The topological polar surface area (TPSA) is 21.6 Å². The normalized spacial score (nSPS) is 18.6. The molecule has 0 N–H and O–H groups in total. The van der Waals surface area contributed by atoms with E-state index in [0.717, 1.165) is 17.9 Å². The standard InChI is InChI=1S/C20H25NO/c1-14(2)12-20(3,4)18-13-22-19(21-18)17-11-7-9-15-8-5-6-10-16(15)17/h5-11,14,18H,12-13H2,1-4H3. The lowest BCUT2D eigenvalue weighted by Gasteiger charge is -2.30. The molecule has 0 aliphatic carbocycles. The van der Waals surface area contributed by atoms with E-state index in [0.29, 0.717) is 12.5 Å². The number of nitrogens with zero attached hydrogens (tertiary/aromatic N) is 1. The number of aliphatic imine (C=N–C) groups is 1. The number of benzene rings is 2. The quantitative estimate of drug-likeness (QED) is 0.772. The second-order valence-corrected chi connectivity index (χ2v) is 7.37. The van der Waals surface area contributed by atoms with Crippen LogP contribution in [-0.2, 0) is 4.74 Å². The number of rotatable bonds is 4. The van der Waals surface area contributed by atoms with E-state index >= 15 is 0 Å². The summed E-state index contributed by atoms with van der Waals surface area (Å²) in [6, 6.07) is 15.0. The van der Waals surface area contributed by atoms with E-state index in [9.17, 15) is 0 Å². The maximum absolute atomic E-state index is 5.98. The molecule has 0 bridgehead atoms. The molecule has 1 atom stereocenters. The maximum Gasteiger partial charge on any atom is 0.217 e. The molecule has 0 saturated heterocycles. The fourth-order valence-electron chi connectivity index (χ4n) is 3.52. The second kappa shape index (κ2) is 5.75. The monoisotopic (exact) mass is 295 g/mol. The van der Waals surface area contributed by atoms with Crippen LogP contribution in [-0.4, -0.2) is 18.5 Å². The number of ether oxygens (including phenoxy) is 1. The van der Waals surface area contributed by atoms with Crippen molar-refractivity contribution in [3.05, 3.63) is 48.0 Å². The first-order valence-corrected chi connectivity index (χ1v) is 8.16. The molecule has 0 fully saturated rings. The van der Waals surface area contributed by atoms with Crippen molar-refractivity contribution in [3.8, 4) is 0 Å². The van der Waals surface area contributed by atoms with Gasteiger partial charge in [0.05, 0.1) is 6.04 Å². The summed E-state index contributed by atoms with van der Waals surface area (Å²) in [7, 11) is 0. The smallest absolute Gasteiger partial charge is 0.217 e. The summed E-state index contributed by atoms with van der Waals surface area (Å²) >= 11 is 0. The lowest BCUT2D eigenvalue weighted by Crippen LogP contribution is -2.30. The number of hydrogen-bond acceptors (Lipinski definition) is 2. The molecule has 1 aliphatic rings. The summed E-state index contributed by atoms with van der Waals surface area (Å²) in [6.07, 6.45) is 1.16. The van der Waals surface area contributed by atoms with Crippen molar-refractivity contribution in [1.82, 2.24) is 0 Å². The van der Waals surface area contributed by atoms with Crippen molar-refractivity contribution < 1.29 is 4.74 Å². The summed E-state index contributed by atoms with van der Waals surface area (Å²) in [4.78, 5) is 4.93. The van der Waals surface area contributed by atoms with Gasteiger partial charge in [0.25, 0.3) is 0 Å². The van der Waals surface area contributed by atoms with E-state index in [1.165, 1.54) is 10.8 Å². The van der Waals surface area contributed by atoms with Crippen LogP contribution >= 0.6 is 0 Å². The van der Waals surface area contributed by atoms with Crippen molar-refractivity contribution in [2.45, 2.75) is 40.2 Å². The van der Waals surface area contributed by atoms with Crippen molar-refractivity contribution >= 4 is 16.7 Å². The lowest BCUT2D eigenvalue weighted by molar-refractivity contribution is 0.188. The Labute approximate surface area is 133 Å². The summed E-state index contributed by atoms with van der Waals surface area (Å²) in [5, 5.41) is 2.45. The first-order valence-electron chi connectivity index (χ1n) is 8.16. The first-order chi connectivity index (χ1) is 10.5. The van der Waals surface area contributed by atoms with E-state index in [4.69, 9.17) is 9.73 Å². The third kappa shape index (κ3) is 2.87. The zero-order valence-corrected chi connectivity index (χ0v) is 14.0. The molecule has 0 spiro atoms. The second-order valence-electron chi connectivity index (χ2n) is 7.37. The molecule has 0 radical (unpaired) electrons. The highest BCUT2D eigenvalue weighted by atomic mass is 16.5. The molecule has 1 aliphatic heterocycles. The molecule has 3 rings (SSSR count). The minimum atomic E-state index is 0.167. The van der Waals surface area contributed by atoms with Gasteiger partial charge in [-0.15, -0.1) is 0 Å². The van der Waals surface area contributed by atoms with Crippen LogP contribution in [0.5, 0.6) is 0 Å². The van der Waals surface area contributed by atoms with Gasteiger partial charge in [0.1, 0.15) is 6.61 Å². The van der Waals surface area contributed by atoms with Gasteiger partial charge in [0.15, 0.2) is 0 Å². The Balaban J connectivity index is 1.94. The van der Waals surface area contributed by atoms with Gasteiger partial charge >= 0.3 is 0 Å². The lowest BCUT2D eigenvalue weighted by atomic mass is 9.78. The van der Waals surface area contributed by atoms with Crippen LogP contribution in [0.1, 0.15) is 39.7 Å². The molecule has 22 heavy (non-hydrogen) atoms. The molecule has 2 heteroatoms. The average molecular weight is 295 g/mol. The highest BCUT2D eigenvalue weighted by molar-refractivity contribution is 6.07. The van der Waals surface area contributed by atoms with E-state index in [1.54, 1.807) is 0 Å². The predicted octanol–water partition coefficient (Wildman–Crippen LogP) is 5.06. The van der Waals surface area contributed by atoms with E-state index < -0.39 is 0 Å². The van der Waals surface area contributed by atoms with Crippen LogP contribution in [0.4, 0.5) is 0 Å². The van der Waals surface area contributed by atoms with Gasteiger partial charge in [-0.3, -0.25) is 0 Å². The van der Waals surface area contributed by atoms with Gasteiger partial charge in [0, 0.05) is 5.56 Å². The highest BCUT2D eigenvalue weighted by Gasteiger charge is 2.35. The Morgan fingerprint density at radius 1 is 1.14 bits per heavy atom. The Hall–Kier alpha value is -1.83. The van der Waals surface area contributed by atoms with Gasteiger partial charge < -0.3 is 4.74 Å². The van der Waals surface area contributed by atoms with Crippen LogP contribution in [0.15, 0.2) is 47.5 Å². The van der Waals surface area contributed by atoms with Gasteiger partial charge in [-0.05, 0) is 34.6 Å². The van der Waals surface area contributed by atoms with Gasteiger partial charge in [-0.25, -0.2) is 4.99 Å². The fraction of sp³-hybridized carbons (Fsp3) is 0.450. The van der Waals surface area contributed by atoms with Crippen LogP contribution < -0.4 is 0 Å². The minimum absolute atomic E-state index is 0.167. The van der Waals surface area contributed by atoms with Crippen molar-refractivity contribution in [3.63, 3.8) is 0 Å². The zero-order valence-electron chi connectivity index (χ0n) is 14.0. The van der Waals surface area contributed by atoms with Crippen LogP contribution in [0.25, 0.3) is 10.8 Å². The Kier molecular flexibility index (Phi) is 3.94. The van der Waals surface area contributed by atoms with Crippen molar-refractivity contribution in [2.24, 2.45) is 16.3 Å². The minimum Gasteiger partial charge on any atom is -0.475 e. The maximum atomic E-state index is 5.98. The van der Waals surface area contributed by atoms with Crippen LogP contribution in [0.2, 0.25) is 0 Å². The van der Waals surface area contributed by atoms with E-state index in [1.807, 2.05) is 0 Å². The average Bonchev–Trinajstić information content (AvgIpc) is 2.96.